The highest BCUT2D eigenvalue weighted by molar-refractivity contribution is 6.59. The smallest absolute Gasteiger partial charge is 0.423 e. The minimum atomic E-state index is -1.43. The van der Waals surface area contributed by atoms with E-state index in [1.807, 2.05) is 12.1 Å². The van der Waals surface area contributed by atoms with E-state index in [1.54, 1.807) is 19.1 Å². The number of nitrogens with one attached hydrogen (secondary N) is 1. The topological polar surface area (TPSA) is 69.6 Å². The Morgan fingerprint density at radius 3 is 2.63 bits per heavy atom. The van der Waals surface area contributed by atoms with E-state index in [4.69, 9.17) is 0 Å². The predicted molar refractivity (Wildman–Crippen MR) is 77.0 cm³/mol. The van der Waals surface area contributed by atoms with Crippen molar-refractivity contribution < 1.29 is 14.8 Å². The van der Waals surface area contributed by atoms with Crippen LogP contribution in [0.4, 0.5) is 0 Å². The largest absolute Gasteiger partial charge is 0.488 e. The molecule has 0 aliphatic carbocycles. The molecular weight excluding hydrogens is 241 g/mol. The Morgan fingerprint density at radius 2 is 2.00 bits per heavy atom. The minimum absolute atomic E-state index is 0.119. The molecule has 0 saturated heterocycles. The molecule has 1 amide bonds. The van der Waals surface area contributed by atoms with Crippen LogP contribution in [0.1, 0.15) is 25.3 Å². The summed E-state index contributed by atoms with van der Waals surface area (Å²) in [6, 6.07) is 7.26. The van der Waals surface area contributed by atoms with Crippen molar-refractivity contribution in [2.75, 3.05) is 6.54 Å². The van der Waals surface area contributed by atoms with Crippen molar-refractivity contribution in [2.45, 2.75) is 26.2 Å². The van der Waals surface area contributed by atoms with E-state index in [0.717, 1.165) is 24.8 Å². The van der Waals surface area contributed by atoms with Gasteiger partial charge in [0.2, 0.25) is 5.91 Å². The third-order valence-electron chi connectivity index (χ3n) is 2.88. The van der Waals surface area contributed by atoms with Gasteiger partial charge in [-0.15, -0.1) is 0 Å². The Labute approximate surface area is 114 Å². The van der Waals surface area contributed by atoms with E-state index in [0.29, 0.717) is 17.6 Å². The van der Waals surface area contributed by atoms with E-state index in [2.05, 4.69) is 11.9 Å². The first-order valence-electron chi connectivity index (χ1n) is 6.40. The lowest BCUT2D eigenvalue weighted by Crippen LogP contribution is -2.33. The molecule has 1 aromatic carbocycles. The van der Waals surface area contributed by atoms with Gasteiger partial charge in [0.1, 0.15) is 0 Å². The van der Waals surface area contributed by atoms with Gasteiger partial charge in [-0.25, -0.2) is 0 Å². The molecule has 0 aliphatic heterocycles. The number of amides is 1. The van der Waals surface area contributed by atoms with Crippen molar-refractivity contribution in [3.8, 4) is 0 Å². The first-order valence-corrected chi connectivity index (χ1v) is 6.40. The summed E-state index contributed by atoms with van der Waals surface area (Å²) in [6.45, 7) is 5.85. The summed E-state index contributed by atoms with van der Waals surface area (Å²) in [4.78, 5) is 11.2. The quantitative estimate of drug-likeness (QED) is 0.377. The number of hydrogen-bond acceptors (Lipinski definition) is 3. The monoisotopic (exact) mass is 261 g/mol. The SMILES string of the molecule is C=C(C)C(=O)NCCCCc1ccccc1B(O)O. The van der Waals surface area contributed by atoms with Crippen LogP contribution in [0.3, 0.4) is 0 Å². The first kappa shape index (κ1) is 15.5. The third kappa shape index (κ3) is 5.28. The highest BCUT2D eigenvalue weighted by Crippen LogP contribution is 2.03. The summed E-state index contributed by atoms with van der Waals surface area (Å²) < 4.78 is 0. The van der Waals surface area contributed by atoms with Crippen molar-refractivity contribution in [3.05, 3.63) is 42.0 Å². The Bertz CT molecular complexity index is 446. The predicted octanol–water partition coefficient (Wildman–Crippen LogP) is 0.381. The maximum Gasteiger partial charge on any atom is 0.488 e. The van der Waals surface area contributed by atoms with E-state index in [-0.39, 0.29) is 5.91 Å². The number of benzene rings is 1. The molecule has 102 valence electrons. The molecule has 0 bridgehead atoms. The van der Waals surface area contributed by atoms with Gasteiger partial charge in [0.15, 0.2) is 0 Å². The molecule has 1 aromatic rings. The molecule has 4 nitrogen and oxygen atoms in total. The van der Waals surface area contributed by atoms with Crippen molar-refractivity contribution in [3.63, 3.8) is 0 Å². The van der Waals surface area contributed by atoms with Gasteiger partial charge in [-0.1, -0.05) is 30.8 Å². The van der Waals surface area contributed by atoms with Gasteiger partial charge < -0.3 is 15.4 Å². The van der Waals surface area contributed by atoms with Crippen molar-refractivity contribution in [2.24, 2.45) is 0 Å². The van der Waals surface area contributed by atoms with E-state index >= 15 is 0 Å². The molecule has 5 heteroatoms. The van der Waals surface area contributed by atoms with Gasteiger partial charge in [0.05, 0.1) is 0 Å². The van der Waals surface area contributed by atoms with Gasteiger partial charge in [0, 0.05) is 12.1 Å². The highest BCUT2D eigenvalue weighted by Gasteiger charge is 2.14. The minimum Gasteiger partial charge on any atom is -0.423 e. The summed E-state index contributed by atoms with van der Waals surface area (Å²) >= 11 is 0. The number of rotatable bonds is 7. The zero-order valence-corrected chi connectivity index (χ0v) is 11.2. The standard InChI is InChI=1S/C14H20BNO3/c1-11(2)14(17)16-10-6-5-8-12-7-3-4-9-13(12)15(18)19/h3-4,7,9,18-19H,1,5-6,8,10H2,2H3,(H,16,17). The van der Waals surface area contributed by atoms with Crippen molar-refractivity contribution in [1.29, 1.82) is 0 Å². The Balaban J connectivity index is 2.34. The van der Waals surface area contributed by atoms with Gasteiger partial charge in [-0.3, -0.25) is 4.79 Å². The molecule has 0 radical (unpaired) electrons. The number of unbranched alkanes of at least 4 members (excludes halogenated alkanes) is 1. The molecule has 0 fully saturated rings. The Morgan fingerprint density at radius 1 is 1.32 bits per heavy atom. The van der Waals surface area contributed by atoms with E-state index < -0.39 is 7.12 Å². The average Bonchev–Trinajstić information content (AvgIpc) is 2.38. The fourth-order valence-corrected chi connectivity index (χ4v) is 1.81. The number of carbonyl (C=O) groups is 1. The van der Waals surface area contributed by atoms with Crippen LogP contribution in [0.2, 0.25) is 0 Å². The number of hydrogen-bond donors (Lipinski definition) is 3. The molecule has 0 unspecified atom stereocenters. The van der Waals surface area contributed by atoms with E-state index in [1.165, 1.54) is 0 Å². The number of carbonyl (C=O) groups excluding carboxylic acids is 1. The summed E-state index contributed by atoms with van der Waals surface area (Å²) in [5.41, 5.74) is 1.99. The summed E-state index contributed by atoms with van der Waals surface area (Å²) in [6.07, 6.45) is 2.48. The Kier molecular flexibility index (Phi) is 6.32. The van der Waals surface area contributed by atoms with Gasteiger partial charge >= 0.3 is 7.12 Å². The first-order chi connectivity index (χ1) is 9.02. The lowest BCUT2D eigenvalue weighted by atomic mass is 9.76. The molecule has 3 N–H and O–H groups in total. The van der Waals surface area contributed by atoms with Crippen LogP contribution >= 0.6 is 0 Å². The second kappa shape index (κ2) is 7.76. The molecule has 0 heterocycles. The summed E-state index contributed by atoms with van der Waals surface area (Å²) in [5.74, 6) is -0.119. The second-order valence-corrected chi connectivity index (χ2v) is 4.57. The Hall–Kier alpha value is -1.59. The molecule has 0 aromatic heterocycles. The molecule has 0 saturated carbocycles. The lowest BCUT2D eigenvalue weighted by Gasteiger charge is -2.09. The van der Waals surface area contributed by atoms with Crippen LogP contribution in [-0.2, 0) is 11.2 Å². The fourth-order valence-electron chi connectivity index (χ4n) is 1.81. The molecule has 0 spiro atoms. The van der Waals surface area contributed by atoms with Crippen LogP contribution in [0, 0.1) is 0 Å². The third-order valence-corrected chi connectivity index (χ3v) is 2.88. The summed E-state index contributed by atoms with van der Waals surface area (Å²) in [5, 5.41) is 21.2. The molecular formula is C14H20BNO3. The van der Waals surface area contributed by atoms with Crippen molar-refractivity contribution in [1.82, 2.24) is 5.32 Å². The lowest BCUT2D eigenvalue weighted by molar-refractivity contribution is -0.117. The van der Waals surface area contributed by atoms with Crippen LogP contribution in [0.25, 0.3) is 0 Å². The average molecular weight is 261 g/mol. The molecule has 0 atom stereocenters. The van der Waals surface area contributed by atoms with Crippen LogP contribution in [0.15, 0.2) is 36.4 Å². The molecule has 19 heavy (non-hydrogen) atoms. The normalized spacial score (nSPS) is 10.1. The zero-order valence-electron chi connectivity index (χ0n) is 11.2. The highest BCUT2D eigenvalue weighted by atomic mass is 16.4. The van der Waals surface area contributed by atoms with Crippen LogP contribution < -0.4 is 10.8 Å². The van der Waals surface area contributed by atoms with Crippen LogP contribution in [0.5, 0.6) is 0 Å². The second-order valence-electron chi connectivity index (χ2n) is 4.57. The van der Waals surface area contributed by atoms with Gasteiger partial charge in [0.25, 0.3) is 0 Å². The maximum absolute atomic E-state index is 11.2. The van der Waals surface area contributed by atoms with Crippen molar-refractivity contribution >= 4 is 18.5 Å². The fraction of sp³-hybridized carbons (Fsp3) is 0.357. The van der Waals surface area contributed by atoms with Crippen LogP contribution in [-0.4, -0.2) is 29.6 Å². The van der Waals surface area contributed by atoms with E-state index in [9.17, 15) is 14.8 Å². The molecule has 1 rings (SSSR count). The number of aryl methyl sites for hydroxylation is 1. The van der Waals surface area contributed by atoms with Gasteiger partial charge in [-0.05, 0) is 37.2 Å². The zero-order chi connectivity index (χ0) is 14.3. The summed E-state index contributed by atoms with van der Waals surface area (Å²) in [7, 11) is -1.43. The molecule has 0 aliphatic rings. The van der Waals surface area contributed by atoms with Gasteiger partial charge in [-0.2, -0.15) is 0 Å². The maximum atomic E-state index is 11.2.